The van der Waals surface area contributed by atoms with E-state index in [0.717, 1.165) is 17.0 Å². The van der Waals surface area contributed by atoms with Gasteiger partial charge in [0.05, 0.1) is 25.1 Å². The first-order valence-corrected chi connectivity index (χ1v) is 6.32. The number of aliphatic hydroxyl groups is 1. The number of hydrogen-bond donors (Lipinski definition) is 2. The highest BCUT2D eigenvalue weighted by molar-refractivity contribution is 5.40. The summed E-state index contributed by atoms with van der Waals surface area (Å²) < 4.78 is 10.9. The fourth-order valence-corrected chi connectivity index (χ4v) is 1.83. The molecule has 0 atom stereocenters. The van der Waals surface area contributed by atoms with Crippen LogP contribution in [-0.2, 0) is 19.8 Å². The molecular weight excluding hydrogens is 256 g/mol. The molecule has 5 heteroatoms. The molecule has 0 aliphatic rings. The molecule has 0 spiro atoms. The molecule has 0 amide bonds. The van der Waals surface area contributed by atoms with Gasteiger partial charge in [-0.25, -0.2) is 0 Å². The second-order valence-corrected chi connectivity index (χ2v) is 4.24. The van der Waals surface area contributed by atoms with E-state index in [1.807, 2.05) is 30.3 Å². The van der Waals surface area contributed by atoms with Crippen molar-refractivity contribution in [3.05, 3.63) is 53.3 Å². The molecule has 0 bridgehead atoms. The van der Waals surface area contributed by atoms with Crippen molar-refractivity contribution in [1.29, 1.82) is 0 Å². The lowest BCUT2D eigenvalue weighted by atomic mass is 10.2. The Bertz CT molecular complexity index is 573. The summed E-state index contributed by atoms with van der Waals surface area (Å²) in [6, 6.07) is 11.0. The van der Waals surface area contributed by atoms with E-state index in [4.69, 9.17) is 20.3 Å². The summed E-state index contributed by atoms with van der Waals surface area (Å²) in [5.41, 5.74) is 7.97. The van der Waals surface area contributed by atoms with E-state index in [2.05, 4.69) is 4.98 Å². The second kappa shape index (κ2) is 6.88. The van der Waals surface area contributed by atoms with Crippen LogP contribution in [0.5, 0.6) is 11.5 Å². The maximum Gasteiger partial charge on any atom is 0.130 e. The number of nitrogens with two attached hydrogens (primary N) is 1. The summed E-state index contributed by atoms with van der Waals surface area (Å²) in [7, 11) is 1.61. The van der Waals surface area contributed by atoms with Gasteiger partial charge in [0.1, 0.15) is 18.1 Å². The van der Waals surface area contributed by atoms with Crippen LogP contribution in [0.3, 0.4) is 0 Å². The molecule has 106 valence electrons. The van der Waals surface area contributed by atoms with Crippen LogP contribution in [0.15, 0.2) is 36.4 Å². The van der Waals surface area contributed by atoms with E-state index in [1.54, 1.807) is 13.2 Å². The van der Waals surface area contributed by atoms with Crippen LogP contribution in [0, 0.1) is 0 Å². The van der Waals surface area contributed by atoms with Crippen LogP contribution in [0.1, 0.15) is 17.0 Å². The minimum Gasteiger partial charge on any atom is -0.497 e. The lowest BCUT2D eigenvalue weighted by Gasteiger charge is -2.12. The highest BCUT2D eigenvalue weighted by Crippen LogP contribution is 2.24. The maximum absolute atomic E-state index is 9.05. The van der Waals surface area contributed by atoms with Crippen LogP contribution in [-0.4, -0.2) is 17.2 Å². The van der Waals surface area contributed by atoms with E-state index in [-0.39, 0.29) is 6.61 Å². The van der Waals surface area contributed by atoms with Crippen LogP contribution in [0.2, 0.25) is 0 Å². The van der Waals surface area contributed by atoms with Crippen LogP contribution in [0.4, 0.5) is 0 Å². The van der Waals surface area contributed by atoms with Gasteiger partial charge in [-0.05, 0) is 30.3 Å². The van der Waals surface area contributed by atoms with E-state index in [1.165, 1.54) is 0 Å². The topological polar surface area (TPSA) is 77.6 Å². The van der Waals surface area contributed by atoms with Gasteiger partial charge in [0.15, 0.2) is 0 Å². The first-order chi connectivity index (χ1) is 9.76. The molecule has 0 saturated carbocycles. The number of ether oxygens (including phenoxy) is 2. The zero-order valence-electron chi connectivity index (χ0n) is 11.4. The number of hydrogen-bond acceptors (Lipinski definition) is 5. The Labute approximate surface area is 118 Å². The number of nitrogens with zero attached hydrogens (tertiary/aromatic N) is 1. The minimum absolute atomic E-state index is 0.0789. The number of pyridine rings is 1. The highest BCUT2D eigenvalue weighted by atomic mass is 16.5. The molecule has 1 aromatic carbocycles. The third-order valence-corrected chi connectivity index (χ3v) is 2.89. The van der Waals surface area contributed by atoms with Gasteiger partial charge >= 0.3 is 0 Å². The Morgan fingerprint density at radius 1 is 1.20 bits per heavy atom. The molecule has 3 N–H and O–H groups in total. The van der Waals surface area contributed by atoms with Crippen molar-refractivity contribution in [3.63, 3.8) is 0 Å². The van der Waals surface area contributed by atoms with Gasteiger partial charge < -0.3 is 20.3 Å². The molecule has 5 nitrogen and oxygen atoms in total. The first-order valence-electron chi connectivity index (χ1n) is 6.32. The van der Waals surface area contributed by atoms with E-state index >= 15 is 0 Å². The van der Waals surface area contributed by atoms with Crippen molar-refractivity contribution in [2.24, 2.45) is 5.73 Å². The fraction of sp³-hybridized carbons (Fsp3) is 0.267. The van der Waals surface area contributed by atoms with Gasteiger partial charge in [-0.3, -0.25) is 4.98 Å². The van der Waals surface area contributed by atoms with Gasteiger partial charge in [-0.1, -0.05) is 6.07 Å². The molecule has 0 aliphatic carbocycles. The molecular formula is C15H18N2O3. The summed E-state index contributed by atoms with van der Waals surface area (Å²) in [5, 5.41) is 9.05. The average Bonchev–Trinajstić information content (AvgIpc) is 2.52. The van der Waals surface area contributed by atoms with Gasteiger partial charge in [0.25, 0.3) is 0 Å². The quantitative estimate of drug-likeness (QED) is 0.837. The van der Waals surface area contributed by atoms with Crippen molar-refractivity contribution in [3.8, 4) is 11.5 Å². The summed E-state index contributed by atoms with van der Waals surface area (Å²) in [5.74, 6) is 1.46. The summed E-state index contributed by atoms with van der Waals surface area (Å²) in [6.07, 6.45) is 0. The fourth-order valence-electron chi connectivity index (χ4n) is 1.83. The molecule has 0 unspecified atom stereocenters. The molecule has 0 fully saturated rings. The number of rotatable bonds is 6. The molecule has 0 aliphatic heterocycles. The molecule has 2 aromatic rings. The zero-order valence-corrected chi connectivity index (χ0v) is 11.4. The first kappa shape index (κ1) is 14.3. The molecule has 0 saturated heterocycles. The number of benzene rings is 1. The van der Waals surface area contributed by atoms with Crippen molar-refractivity contribution in [1.82, 2.24) is 4.98 Å². The number of aromatic nitrogens is 1. The van der Waals surface area contributed by atoms with Gasteiger partial charge in [-0.2, -0.15) is 0 Å². The van der Waals surface area contributed by atoms with E-state index in [0.29, 0.717) is 24.6 Å². The van der Waals surface area contributed by atoms with Crippen LogP contribution in [0.25, 0.3) is 0 Å². The zero-order chi connectivity index (χ0) is 14.4. The average molecular weight is 274 g/mol. The summed E-state index contributed by atoms with van der Waals surface area (Å²) >= 11 is 0. The molecule has 0 radical (unpaired) electrons. The predicted octanol–water partition coefficient (Wildman–Crippen LogP) is 1.62. The van der Waals surface area contributed by atoms with E-state index in [9.17, 15) is 0 Å². The lowest BCUT2D eigenvalue weighted by Crippen LogP contribution is -2.05. The van der Waals surface area contributed by atoms with Crippen LogP contribution >= 0.6 is 0 Å². The molecule has 1 heterocycles. The lowest BCUT2D eigenvalue weighted by molar-refractivity contribution is 0.272. The van der Waals surface area contributed by atoms with Gasteiger partial charge in [0.2, 0.25) is 0 Å². The number of methoxy groups -OCH3 is 1. The molecule has 2 rings (SSSR count). The Balaban J connectivity index is 2.10. The Hall–Kier alpha value is -2.11. The Kier molecular flexibility index (Phi) is 4.92. The highest BCUT2D eigenvalue weighted by Gasteiger charge is 2.05. The Morgan fingerprint density at radius 3 is 2.70 bits per heavy atom. The maximum atomic E-state index is 9.05. The molecule has 1 aromatic heterocycles. The largest absolute Gasteiger partial charge is 0.497 e. The van der Waals surface area contributed by atoms with Crippen LogP contribution < -0.4 is 15.2 Å². The van der Waals surface area contributed by atoms with Gasteiger partial charge in [0, 0.05) is 12.1 Å². The monoisotopic (exact) mass is 274 g/mol. The normalized spacial score (nSPS) is 10.3. The van der Waals surface area contributed by atoms with Gasteiger partial charge in [-0.15, -0.1) is 0 Å². The smallest absolute Gasteiger partial charge is 0.130 e. The minimum atomic E-state index is -0.0789. The number of aliphatic hydroxyl groups excluding tert-OH is 1. The molecule has 20 heavy (non-hydrogen) atoms. The second-order valence-electron chi connectivity index (χ2n) is 4.24. The summed E-state index contributed by atoms with van der Waals surface area (Å²) in [6.45, 7) is 0.619. The van der Waals surface area contributed by atoms with Crippen molar-refractivity contribution >= 4 is 0 Å². The summed E-state index contributed by atoms with van der Waals surface area (Å²) in [4.78, 5) is 4.26. The predicted molar refractivity (Wildman–Crippen MR) is 75.4 cm³/mol. The third-order valence-electron chi connectivity index (χ3n) is 2.89. The standard InChI is InChI=1S/C15H18N2O3/c1-19-14-5-6-15(11(7-14)8-16)20-10-13-4-2-3-12(9-18)17-13/h2-7,18H,8-10,16H2,1H3. The SMILES string of the molecule is COc1ccc(OCc2cccc(CO)n2)c(CN)c1. The van der Waals surface area contributed by atoms with E-state index < -0.39 is 0 Å². The van der Waals surface area contributed by atoms with Crippen molar-refractivity contribution in [2.45, 2.75) is 19.8 Å². The van der Waals surface area contributed by atoms with Crippen molar-refractivity contribution < 1.29 is 14.6 Å². The Morgan fingerprint density at radius 2 is 2.00 bits per heavy atom. The van der Waals surface area contributed by atoms with Crippen molar-refractivity contribution in [2.75, 3.05) is 7.11 Å². The third kappa shape index (κ3) is 3.46.